The van der Waals surface area contributed by atoms with Gasteiger partial charge >= 0.3 is 7.60 Å². The predicted octanol–water partition coefficient (Wildman–Crippen LogP) is 5.03. The average molecular weight is 376 g/mol. The van der Waals surface area contributed by atoms with Crippen molar-refractivity contribution in [1.82, 2.24) is 0 Å². The highest BCUT2D eigenvalue weighted by Crippen LogP contribution is 2.49. The Kier molecular flexibility index (Phi) is 11.3. The summed E-state index contributed by atoms with van der Waals surface area (Å²) in [6.45, 7) is 6.83. The smallest absolute Gasteiger partial charge is 0.309 e. The lowest BCUT2D eigenvalue weighted by atomic mass is 10.1. The number of halogens is 1. The molecule has 0 saturated carbocycles. The van der Waals surface area contributed by atoms with Crippen LogP contribution in [-0.2, 0) is 13.6 Å². The molecule has 0 aliphatic carbocycles. The number of rotatable bonds is 11. The van der Waals surface area contributed by atoms with Crippen molar-refractivity contribution in [2.24, 2.45) is 0 Å². The maximum atomic E-state index is 12.2. The second-order valence-electron chi connectivity index (χ2n) is 4.05. The first-order chi connectivity index (χ1) is 8.08. The highest BCUT2D eigenvalue weighted by atomic mass is 127. The first-order valence-corrected chi connectivity index (χ1v) is 9.57. The van der Waals surface area contributed by atoms with Crippen LogP contribution in [0.1, 0.15) is 52.9 Å². The van der Waals surface area contributed by atoms with E-state index in [0.29, 0.717) is 23.3 Å². The van der Waals surface area contributed by atoms with Gasteiger partial charge in [-0.05, 0) is 26.7 Å². The number of hydrogen-bond donors (Lipinski definition) is 0. The maximum Gasteiger partial charge on any atom is 0.330 e. The van der Waals surface area contributed by atoms with Crippen LogP contribution in [0.3, 0.4) is 0 Å². The van der Waals surface area contributed by atoms with E-state index in [9.17, 15) is 4.57 Å². The van der Waals surface area contributed by atoms with Crippen LogP contribution < -0.4 is 0 Å². The Morgan fingerprint density at radius 2 is 1.65 bits per heavy atom. The minimum atomic E-state index is -2.82. The van der Waals surface area contributed by atoms with Gasteiger partial charge in [0.15, 0.2) is 0 Å². The summed E-state index contributed by atoms with van der Waals surface area (Å²) in [7, 11) is -2.82. The molecule has 104 valence electrons. The zero-order valence-electron chi connectivity index (χ0n) is 11.3. The van der Waals surface area contributed by atoms with Crippen molar-refractivity contribution >= 4 is 30.2 Å². The second-order valence-corrected chi connectivity index (χ2v) is 8.00. The van der Waals surface area contributed by atoms with E-state index in [0.717, 1.165) is 6.42 Å². The molecule has 0 N–H and O–H groups in total. The monoisotopic (exact) mass is 376 g/mol. The van der Waals surface area contributed by atoms with E-state index in [1.54, 1.807) is 0 Å². The van der Waals surface area contributed by atoms with Crippen LogP contribution >= 0.6 is 30.2 Å². The van der Waals surface area contributed by atoms with Crippen molar-refractivity contribution in [2.75, 3.05) is 19.4 Å². The summed E-state index contributed by atoms with van der Waals surface area (Å²) >= 11 is 2.45. The number of hydrogen-bond acceptors (Lipinski definition) is 3. The lowest BCUT2D eigenvalue weighted by molar-refractivity contribution is 0.219. The Bertz CT molecular complexity index is 214. The predicted molar refractivity (Wildman–Crippen MR) is 82.3 cm³/mol. The Balaban J connectivity index is 3.90. The van der Waals surface area contributed by atoms with Crippen molar-refractivity contribution in [1.29, 1.82) is 0 Å². The lowest BCUT2D eigenvalue weighted by Gasteiger charge is -2.18. The van der Waals surface area contributed by atoms with E-state index in [1.165, 1.54) is 25.7 Å². The molecule has 0 saturated heterocycles. The largest absolute Gasteiger partial charge is 0.330 e. The number of unbranched alkanes of at least 4 members (excludes halogenated alkanes) is 2. The van der Waals surface area contributed by atoms with E-state index in [2.05, 4.69) is 29.5 Å². The van der Waals surface area contributed by atoms with Crippen LogP contribution in [0.5, 0.6) is 0 Å². The average Bonchev–Trinajstić information content (AvgIpc) is 2.28. The van der Waals surface area contributed by atoms with Crippen LogP contribution in [0.2, 0.25) is 0 Å². The van der Waals surface area contributed by atoms with Gasteiger partial charge in [0.2, 0.25) is 0 Å². The van der Waals surface area contributed by atoms with Gasteiger partial charge in [0, 0.05) is 3.92 Å². The van der Waals surface area contributed by atoms with E-state index in [1.807, 2.05) is 13.8 Å². The highest BCUT2D eigenvalue weighted by Gasteiger charge is 2.24. The zero-order chi connectivity index (χ0) is 13.1. The van der Waals surface area contributed by atoms with E-state index in [4.69, 9.17) is 9.05 Å². The van der Waals surface area contributed by atoms with Crippen molar-refractivity contribution in [3.05, 3.63) is 0 Å². The van der Waals surface area contributed by atoms with Crippen molar-refractivity contribution in [2.45, 2.75) is 56.8 Å². The minimum Gasteiger partial charge on any atom is -0.309 e. The molecular weight excluding hydrogens is 350 g/mol. The Hall–Kier alpha value is 0.880. The van der Waals surface area contributed by atoms with Gasteiger partial charge in [-0.1, -0.05) is 48.8 Å². The molecule has 1 atom stereocenters. The molecule has 0 aromatic rings. The molecule has 17 heavy (non-hydrogen) atoms. The Morgan fingerprint density at radius 1 is 1.06 bits per heavy atom. The first kappa shape index (κ1) is 17.9. The van der Waals surface area contributed by atoms with Crippen LogP contribution in [0.15, 0.2) is 0 Å². The second kappa shape index (κ2) is 10.8. The van der Waals surface area contributed by atoms with Gasteiger partial charge in [-0.2, -0.15) is 0 Å². The van der Waals surface area contributed by atoms with E-state index >= 15 is 0 Å². The molecular formula is C12H26IO3P. The molecule has 0 fully saturated rings. The summed E-state index contributed by atoms with van der Waals surface area (Å²) in [6.07, 6.45) is 6.47. The maximum absolute atomic E-state index is 12.2. The third-order valence-electron chi connectivity index (χ3n) is 2.49. The van der Waals surface area contributed by atoms with Crippen molar-refractivity contribution in [3.8, 4) is 0 Å². The summed E-state index contributed by atoms with van der Waals surface area (Å²) in [4.78, 5) is 0. The molecule has 0 spiro atoms. The quantitative estimate of drug-likeness (QED) is 0.220. The third-order valence-corrected chi connectivity index (χ3v) is 5.84. The van der Waals surface area contributed by atoms with Crippen molar-refractivity contribution in [3.63, 3.8) is 0 Å². The van der Waals surface area contributed by atoms with E-state index in [-0.39, 0.29) is 0 Å². The fraction of sp³-hybridized carbons (Fsp3) is 1.00. The van der Waals surface area contributed by atoms with Crippen LogP contribution in [0.4, 0.5) is 0 Å². The molecule has 0 aliphatic rings. The summed E-state index contributed by atoms with van der Waals surface area (Å²) in [5.41, 5.74) is 0. The summed E-state index contributed by atoms with van der Waals surface area (Å²) < 4.78 is 23.3. The summed E-state index contributed by atoms with van der Waals surface area (Å²) in [5.74, 6) is 0. The standard InChI is InChI=1S/C12H26IO3P/c1-4-7-8-9-12(13)10-11-17(14,15-5-2)16-6-3/h12H,4-11H2,1-3H3. The molecule has 0 aromatic carbocycles. The Morgan fingerprint density at radius 3 is 2.12 bits per heavy atom. The number of alkyl halides is 1. The molecule has 3 nitrogen and oxygen atoms in total. The van der Waals surface area contributed by atoms with Gasteiger partial charge in [-0.3, -0.25) is 4.57 Å². The molecule has 0 aliphatic heterocycles. The van der Waals surface area contributed by atoms with Crippen LogP contribution in [-0.4, -0.2) is 23.3 Å². The minimum absolute atomic E-state index is 0.457. The van der Waals surface area contributed by atoms with Gasteiger partial charge in [-0.25, -0.2) is 0 Å². The molecule has 0 aromatic heterocycles. The molecule has 0 radical (unpaired) electrons. The normalized spacial score (nSPS) is 13.9. The van der Waals surface area contributed by atoms with Gasteiger partial charge in [0.25, 0.3) is 0 Å². The molecule has 5 heteroatoms. The third kappa shape index (κ3) is 9.46. The van der Waals surface area contributed by atoms with Gasteiger partial charge in [0.1, 0.15) is 0 Å². The van der Waals surface area contributed by atoms with Gasteiger partial charge < -0.3 is 9.05 Å². The molecule has 1 unspecified atom stereocenters. The van der Waals surface area contributed by atoms with Crippen molar-refractivity contribution < 1.29 is 13.6 Å². The first-order valence-electron chi connectivity index (χ1n) is 6.60. The SMILES string of the molecule is CCCCCC(I)CCP(=O)(OCC)OCC. The van der Waals surface area contributed by atoms with Gasteiger partial charge in [-0.15, -0.1) is 0 Å². The Labute approximate surface area is 120 Å². The van der Waals surface area contributed by atoms with E-state index < -0.39 is 7.60 Å². The zero-order valence-corrected chi connectivity index (χ0v) is 14.3. The summed E-state index contributed by atoms with van der Waals surface area (Å²) in [5, 5.41) is 0. The topological polar surface area (TPSA) is 35.5 Å². The molecule has 0 heterocycles. The molecule has 0 amide bonds. The van der Waals surface area contributed by atoms with Crippen LogP contribution in [0.25, 0.3) is 0 Å². The van der Waals surface area contributed by atoms with Crippen LogP contribution in [0, 0.1) is 0 Å². The fourth-order valence-electron chi connectivity index (χ4n) is 1.62. The molecule has 0 bridgehead atoms. The molecule has 0 rings (SSSR count). The lowest BCUT2D eigenvalue weighted by Crippen LogP contribution is -2.06. The summed E-state index contributed by atoms with van der Waals surface area (Å²) in [6, 6.07) is 0. The fourth-order valence-corrected chi connectivity index (χ4v) is 4.61. The van der Waals surface area contributed by atoms with Gasteiger partial charge in [0.05, 0.1) is 19.4 Å². The highest BCUT2D eigenvalue weighted by molar-refractivity contribution is 14.1.